The second kappa shape index (κ2) is 22.2. The smallest absolute Gasteiger partial charge is 0.323 e. The number of carbonyl (C=O) groups excluding carboxylic acids is 1. The molecule has 0 aromatic carbocycles. The summed E-state index contributed by atoms with van der Waals surface area (Å²) in [5.74, 6) is -0.172. The lowest BCUT2D eigenvalue weighted by molar-refractivity contribution is -0.145. The van der Waals surface area contributed by atoms with Crippen molar-refractivity contribution in [2.75, 3.05) is 13.2 Å². The van der Waals surface area contributed by atoms with Gasteiger partial charge < -0.3 is 10.1 Å². The molecule has 1 unspecified atom stereocenters. The Bertz CT molecular complexity index is 553. The first kappa shape index (κ1) is 26.9. The molecule has 0 aliphatic rings. The van der Waals surface area contributed by atoms with Gasteiger partial charge in [0.05, 0.1) is 6.61 Å². The van der Waals surface area contributed by atoms with Crippen molar-refractivity contribution in [1.82, 2.24) is 5.32 Å². The van der Waals surface area contributed by atoms with Gasteiger partial charge in [-0.1, -0.05) is 86.8 Å². The number of ether oxygens (including phenoxy) is 1. The zero-order valence-electron chi connectivity index (χ0n) is 18.7. The first-order valence-electron chi connectivity index (χ1n) is 11.1. The van der Waals surface area contributed by atoms with Crippen LogP contribution in [0.1, 0.15) is 65.7 Å². The van der Waals surface area contributed by atoms with Crippen LogP contribution in [0.15, 0.2) is 72.9 Å². The number of nitrogens with one attached hydrogen (secondary N) is 1. The van der Waals surface area contributed by atoms with Crippen LogP contribution in [0.25, 0.3) is 0 Å². The van der Waals surface area contributed by atoms with Gasteiger partial charge in [-0.2, -0.15) is 0 Å². The summed E-state index contributed by atoms with van der Waals surface area (Å²) in [5.41, 5.74) is 0. The molecule has 0 saturated carbocycles. The van der Waals surface area contributed by atoms with Gasteiger partial charge in [-0.05, 0) is 58.4 Å². The van der Waals surface area contributed by atoms with E-state index in [1.807, 2.05) is 19.9 Å². The number of hydrogen-bond acceptors (Lipinski definition) is 3. The molecule has 162 valence electrons. The minimum Gasteiger partial charge on any atom is -0.465 e. The van der Waals surface area contributed by atoms with Crippen LogP contribution in [0.3, 0.4) is 0 Å². The van der Waals surface area contributed by atoms with E-state index in [0.29, 0.717) is 13.0 Å². The highest BCUT2D eigenvalue weighted by atomic mass is 16.5. The quantitative estimate of drug-likeness (QED) is 0.221. The maximum atomic E-state index is 11.8. The third kappa shape index (κ3) is 19.0. The predicted octanol–water partition coefficient (Wildman–Crippen LogP) is 6.62. The van der Waals surface area contributed by atoms with E-state index in [9.17, 15) is 4.79 Å². The summed E-state index contributed by atoms with van der Waals surface area (Å²) in [4.78, 5) is 11.8. The van der Waals surface area contributed by atoms with Crippen molar-refractivity contribution in [1.29, 1.82) is 0 Å². The van der Waals surface area contributed by atoms with Crippen LogP contribution < -0.4 is 5.32 Å². The molecule has 0 aliphatic heterocycles. The standard InChI is InChI=1S/C26H41NO2/c1-4-7-8-9-10-11-12-13-14-15-16-17-18-19-20-21-22-23-24-25(27-5-2)26(28)29-6-3/h7-8,10-11,13-14,16-17,19-20,22-23,25,27H,4-6,9,12,15,18,21,24H2,1-3H3/b8-7-,11-10-,14-13-,17-16-,20-19-,23-22-. The minimum atomic E-state index is -0.246. The third-order valence-corrected chi connectivity index (χ3v) is 3.99. The third-order valence-electron chi connectivity index (χ3n) is 3.99. The molecule has 0 radical (unpaired) electrons. The highest BCUT2D eigenvalue weighted by Gasteiger charge is 2.16. The normalized spacial score (nSPS) is 13.9. The summed E-state index contributed by atoms with van der Waals surface area (Å²) < 4.78 is 5.08. The number of carbonyl (C=O) groups is 1. The zero-order valence-corrected chi connectivity index (χ0v) is 18.7. The van der Waals surface area contributed by atoms with Gasteiger partial charge in [0.2, 0.25) is 0 Å². The second-order valence-electron chi connectivity index (χ2n) is 6.51. The van der Waals surface area contributed by atoms with E-state index in [4.69, 9.17) is 4.74 Å². The molecule has 0 aromatic heterocycles. The molecule has 0 rings (SSSR count). The summed E-state index contributed by atoms with van der Waals surface area (Å²) in [6.07, 6.45) is 32.7. The Hall–Kier alpha value is -2.13. The number of allylic oxidation sites excluding steroid dienone is 11. The summed E-state index contributed by atoms with van der Waals surface area (Å²) in [6, 6.07) is -0.246. The Morgan fingerprint density at radius 3 is 1.48 bits per heavy atom. The van der Waals surface area contributed by atoms with Gasteiger partial charge in [0, 0.05) is 0 Å². The van der Waals surface area contributed by atoms with E-state index in [2.05, 4.69) is 79.1 Å². The molecule has 0 heterocycles. The van der Waals surface area contributed by atoms with Crippen molar-refractivity contribution in [3.63, 3.8) is 0 Å². The van der Waals surface area contributed by atoms with Gasteiger partial charge in [-0.3, -0.25) is 4.79 Å². The molecule has 0 fully saturated rings. The van der Waals surface area contributed by atoms with Crippen molar-refractivity contribution >= 4 is 5.97 Å². The topological polar surface area (TPSA) is 38.3 Å². The van der Waals surface area contributed by atoms with Crippen LogP contribution in [-0.4, -0.2) is 25.2 Å². The second-order valence-corrected chi connectivity index (χ2v) is 6.51. The van der Waals surface area contributed by atoms with Crippen LogP contribution in [-0.2, 0) is 9.53 Å². The highest BCUT2D eigenvalue weighted by Crippen LogP contribution is 2.00. The van der Waals surface area contributed by atoms with Crippen molar-refractivity contribution in [3.05, 3.63) is 72.9 Å². The summed E-state index contributed by atoms with van der Waals surface area (Å²) in [5, 5.41) is 3.16. The number of likely N-dealkylation sites (N-methyl/N-ethyl adjacent to an activating group) is 1. The Kier molecular flexibility index (Phi) is 20.5. The Morgan fingerprint density at radius 1 is 0.690 bits per heavy atom. The van der Waals surface area contributed by atoms with Gasteiger partial charge >= 0.3 is 5.97 Å². The predicted molar refractivity (Wildman–Crippen MR) is 127 cm³/mol. The molecule has 0 spiro atoms. The summed E-state index contributed by atoms with van der Waals surface area (Å²) in [6.45, 7) is 7.15. The molecular formula is C26H41NO2. The number of rotatable bonds is 17. The maximum Gasteiger partial charge on any atom is 0.323 e. The molecule has 3 nitrogen and oxygen atoms in total. The lowest BCUT2D eigenvalue weighted by Gasteiger charge is -2.13. The van der Waals surface area contributed by atoms with Gasteiger partial charge in [0.15, 0.2) is 0 Å². The monoisotopic (exact) mass is 399 g/mol. The van der Waals surface area contributed by atoms with Gasteiger partial charge in [-0.15, -0.1) is 0 Å². The Labute approximate surface area is 179 Å². The van der Waals surface area contributed by atoms with Gasteiger partial charge in [0.1, 0.15) is 6.04 Å². The Morgan fingerprint density at radius 2 is 1.10 bits per heavy atom. The average molecular weight is 400 g/mol. The number of esters is 1. The summed E-state index contributed by atoms with van der Waals surface area (Å²) >= 11 is 0. The van der Waals surface area contributed by atoms with Crippen LogP contribution in [0, 0.1) is 0 Å². The molecule has 1 N–H and O–H groups in total. The molecule has 0 saturated heterocycles. The first-order chi connectivity index (χ1) is 14.3. The maximum absolute atomic E-state index is 11.8. The minimum absolute atomic E-state index is 0.172. The highest BCUT2D eigenvalue weighted by molar-refractivity contribution is 5.75. The van der Waals surface area contributed by atoms with Crippen LogP contribution in [0.5, 0.6) is 0 Å². The lowest BCUT2D eigenvalue weighted by Crippen LogP contribution is -2.37. The van der Waals surface area contributed by atoms with E-state index >= 15 is 0 Å². The van der Waals surface area contributed by atoms with E-state index in [0.717, 1.165) is 45.1 Å². The van der Waals surface area contributed by atoms with Crippen LogP contribution in [0.2, 0.25) is 0 Å². The fourth-order valence-electron chi connectivity index (χ4n) is 2.51. The molecule has 0 aliphatic carbocycles. The largest absolute Gasteiger partial charge is 0.465 e. The van der Waals surface area contributed by atoms with E-state index in [1.165, 1.54) is 0 Å². The molecule has 0 aromatic rings. The fourth-order valence-corrected chi connectivity index (χ4v) is 2.51. The van der Waals surface area contributed by atoms with E-state index < -0.39 is 0 Å². The molecule has 29 heavy (non-hydrogen) atoms. The van der Waals surface area contributed by atoms with Crippen molar-refractivity contribution in [2.45, 2.75) is 71.8 Å². The average Bonchev–Trinajstić information content (AvgIpc) is 2.72. The molecular weight excluding hydrogens is 358 g/mol. The zero-order chi connectivity index (χ0) is 21.4. The van der Waals surface area contributed by atoms with E-state index in [-0.39, 0.29) is 12.0 Å². The van der Waals surface area contributed by atoms with Crippen molar-refractivity contribution in [3.8, 4) is 0 Å². The SMILES string of the molecule is CC/C=C\C/C=C\C/C=C\C/C=C\C/C=C\C/C=C\CC(NCC)C(=O)OCC. The molecule has 0 bridgehead atoms. The fraction of sp³-hybridized carbons (Fsp3) is 0.500. The first-order valence-corrected chi connectivity index (χ1v) is 11.1. The lowest BCUT2D eigenvalue weighted by atomic mass is 10.2. The molecule has 0 amide bonds. The Balaban J connectivity index is 3.81. The molecule has 1 atom stereocenters. The van der Waals surface area contributed by atoms with Gasteiger partial charge in [0.25, 0.3) is 0 Å². The van der Waals surface area contributed by atoms with Crippen LogP contribution in [0.4, 0.5) is 0 Å². The number of hydrogen-bond donors (Lipinski definition) is 1. The van der Waals surface area contributed by atoms with Gasteiger partial charge in [-0.25, -0.2) is 0 Å². The summed E-state index contributed by atoms with van der Waals surface area (Å²) in [7, 11) is 0. The molecule has 3 heteroatoms. The van der Waals surface area contributed by atoms with Crippen LogP contribution >= 0.6 is 0 Å². The van der Waals surface area contributed by atoms with Crippen molar-refractivity contribution in [2.24, 2.45) is 0 Å². The van der Waals surface area contributed by atoms with E-state index in [1.54, 1.807) is 0 Å². The van der Waals surface area contributed by atoms with Crippen molar-refractivity contribution < 1.29 is 9.53 Å².